The summed E-state index contributed by atoms with van der Waals surface area (Å²) in [4.78, 5) is 12.4. The van der Waals surface area contributed by atoms with Crippen molar-refractivity contribution in [2.45, 2.75) is 50.8 Å². The van der Waals surface area contributed by atoms with Gasteiger partial charge in [0.25, 0.3) is 0 Å². The van der Waals surface area contributed by atoms with Crippen LogP contribution in [0.25, 0.3) is 0 Å². The zero-order valence-electron chi connectivity index (χ0n) is 16.5. The Balaban J connectivity index is 2.04. The van der Waals surface area contributed by atoms with Gasteiger partial charge < -0.3 is 5.32 Å². The van der Waals surface area contributed by atoms with Crippen LogP contribution in [0.15, 0.2) is 53.4 Å². The molecule has 0 saturated carbocycles. The number of carbonyl (C=O) groups is 1. The quantitative estimate of drug-likeness (QED) is 0.785. The minimum Gasteiger partial charge on any atom is -0.325 e. The summed E-state index contributed by atoms with van der Waals surface area (Å²) >= 11 is 0. The molecule has 2 rings (SSSR count). The molecule has 1 amide bonds. The molecule has 0 spiro atoms. The van der Waals surface area contributed by atoms with Gasteiger partial charge in [-0.2, -0.15) is 0 Å². The molecule has 2 N–H and O–H groups in total. The number of para-hydroxylation sites is 1. The van der Waals surface area contributed by atoms with E-state index in [1.165, 1.54) is 0 Å². The number of carbonyl (C=O) groups excluding carboxylic acids is 1. The molecule has 0 aliphatic rings. The molecule has 0 atom stereocenters. The number of rotatable bonds is 6. The molecule has 6 heteroatoms. The van der Waals surface area contributed by atoms with E-state index in [2.05, 4.69) is 30.8 Å². The molecular formula is C21H28N2O3S. The second-order valence-corrected chi connectivity index (χ2v) is 9.66. The molecule has 0 aliphatic heterocycles. The lowest BCUT2D eigenvalue weighted by atomic mass is 9.87. The van der Waals surface area contributed by atoms with Crippen molar-refractivity contribution in [3.05, 3.63) is 59.7 Å². The zero-order valence-corrected chi connectivity index (χ0v) is 17.4. The Bertz CT molecular complexity index is 896. The molecule has 0 unspecified atom stereocenters. The van der Waals surface area contributed by atoms with Crippen LogP contribution in [0.1, 0.15) is 51.7 Å². The second-order valence-electron chi connectivity index (χ2n) is 7.89. The first kappa shape index (κ1) is 21.1. The lowest BCUT2D eigenvalue weighted by Gasteiger charge is -2.19. The highest BCUT2D eigenvalue weighted by atomic mass is 32.2. The topological polar surface area (TPSA) is 75.3 Å². The number of benzene rings is 2. The number of hydrogen-bond acceptors (Lipinski definition) is 3. The lowest BCUT2D eigenvalue weighted by Crippen LogP contribution is -2.33. The van der Waals surface area contributed by atoms with Crippen molar-refractivity contribution in [2.24, 2.45) is 0 Å². The maximum absolute atomic E-state index is 12.4. The zero-order chi connectivity index (χ0) is 20.2. The van der Waals surface area contributed by atoms with Crippen molar-refractivity contribution in [1.29, 1.82) is 0 Å². The summed E-state index contributed by atoms with van der Waals surface area (Å²) in [6, 6.07) is 14.2. The average molecular weight is 389 g/mol. The third-order valence-electron chi connectivity index (χ3n) is 4.31. The summed E-state index contributed by atoms with van der Waals surface area (Å²) in [6.07, 6.45) is 0. The summed E-state index contributed by atoms with van der Waals surface area (Å²) in [5.74, 6) is -0.155. The molecule has 0 aliphatic carbocycles. The molecule has 2 aromatic rings. The normalized spacial score (nSPS) is 12.2. The van der Waals surface area contributed by atoms with Crippen molar-refractivity contribution in [3.8, 4) is 0 Å². The van der Waals surface area contributed by atoms with Gasteiger partial charge in [-0.15, -0.1) is 0 Å². The number of amides is 1. The smallest absolute Gasteiger partial charge is 0.241 e. The molecule has 27 heavy (non-hydrogen) atoms. The number of nitrogens with one attached hydrogen (secondary N) is 2. The molecule has 0 saturated heterocycles. The average Bonchev–Trinajstić information content (AvgIpc) is 2.60. The van der Waals surface area contributed by atoms with Crippen LogP contribution in [0, 0.1) is 0 Å². The summed E-state index contributed by atoms with van der Waals surface area (Å²) in [5.41, 5.74) is 2.70. The lowest BCUT2D eigenvalue weighted by molar-refractivity contribution is -0.115. The fraction of sp³-hybridized carbons (Fsp3) is 0.381. The molecule has 0 radical (unpaired) electrons. The highest BCUT2D eigenvalue weighted by molar-refractivity contribution is 7.89. The van der Waals surface area contributed by atoms with Gasteiger partial charge in [-0.05, 0) is 40.7 Å². The Morgan fingerprint density at radius 3 is 2.15 bits per heavy atom. The van der Waals surface area contributed by atoms with Gasteiger partial charge in [0.05, 0.1) is 11.4 Å². The molecule has 0 heterocycles. The minimum atomic E-state index is -3.75. The highest BCUT2D eigenvalue weighted by Crippen LogP contribution is 2.24. The van der Waals surface area contributed by atoms with Gasteiger partial charge in [-0.1, -0.05) is 65.0 Å². The van der Waals surface area contributed by atoms with Gasteiger partial charge in [0.2, 0.25) is 15.9 Å². The standard InChI is InChI=1S/C21H28N2O3S/c1-15(2)18-8-6-7-9-19(18)23-20(24)14-22-27(25,26)17-12-10-16(11-13-17)21(3,4)5/h6-13,15,22H,14H2,1-5H3,(H,23,24). The molecule has 0 bridgehead atoms. The first-order valence-electron chi connectivity index (χ1n) is 8.99. The van der Waals surface area contributed by atoms with E-state index in [0.29, 0.717) is 5.69 Å². The van der Waals surface area contributed by atoms with E-state index in [1.807, 2.05) is 38.1 Å². The van der Waals surface area contributed by atoms with Crippen LogP contribution >= 0.6 is 0 Å². The summed E-state index contributed by atoms with van der Waals surface area (Å²) in [6.45, 7) is 9.94. The Kier molecular flexibility index (Phi) is 6.44. The van der Waals surface area contributed by atoms with Crippen LogP contribution in [0.5, 0.6) is 0 Å². The predicted molar refractivity (Wildman–Crippen MR) is 109 cm³/mol. The summed E-state index contributed by atoms with van der Waals surface area (Å²) < 4.78 is 27.2. The van der Waals surface area contributed by atoms with E-state index in [9.17, 15) is 13.2 Å². The van der Waals surface area contributed by atoms with E-state index in [0.717, 1.165) is 11.1 Å². The number of anilines is 1. The van der Waals surface area contributed by atoms with E-state index < -0.39 is 15.9 Å². The molecule has 5 nitrogen and oxygen atoms in total. The van der Waals surface area contributed by atoms with E-state index in [1.54, 1.807) is 24.3 Å². The second kappa shape index (κ2) is 8.23. The van der Waals surface area contributed by atoms with Gasteiger partial charge >= 0.3 is 0 Å². The molecule has 0 fully saturated rings. The Morgan fingerprint density at radius 2 is 1.59 bits per heavy atom. The molecule has 146 valence electrons. The van der Waals surface area contributed by atoms with Crippen LogP contribution in [-0.2, 0) is 20.2 Å². The first-order chi connectivity index (χ1) is 12.5. The van der Waals surface area contributed by atoms with Gasteiger partial charge in [-0.3, -0.25) is 4.79 Å². The Labute approximate surface area is 162 Å². The Hall–Kier alpha value is -2.18. The third-order valence-corrected chi connectivity index (χ3v) is 5.73. The highest BCUT2D eigenvalue weighted by Gasteiger charge is 2.18. The van der Waals surface area contributed by atoms with Gasteiger partial charge in [0.15, 0.2) is 0 Å². The van der Waals surface area contributed by atoms with Gasteiger partial charge in [-0.25, -0.2) is 13.1 Å². The predicted octanol–water partition coefficient (Wildman–Crippen LogP) is 4.02. The SMILES string of the molecule is CC(C)c1ccccc1NC(=O)CNS(=O)(=O)c1ccc(C(C)(C)C)cc1. The molecular weight excluding hydrogens is 360 g/mol. The van der Waals surface area contributed by atoms with Crippen molar-refractivity contribution >= 4 is 21.6 Å². The monoisotopic (exact) mass is 388 g/mol. The van der Waals surface area contributed by atoms with Crippen LogP contribution < -0.4 is 10.0 Å². The maximum Gasteiger partial charge on any atom is 0.241 e. The van der Waals surface area contributed by atoms with Crippen LogP contribution in [0.4, 0.5) is 5.69 Å². The summed E-state index contributed by atoms with van der Waals surface area (Å²) in [7, 11) is -3.75. The summed E-state index contributed by atoms with van der Waals surface area (Å²) in [5, 5.41) is 2.78. The maximum atomic E-state index is 12.4. The third kappa shape index (κ3) is 5.65. The first-order valence-corrected chi connectivity index (χ1v) is 10.5. The van der Waals surface area contributed by atoms with Gasteiger partial charge in [0.1, 0.15) is 0 Å². The van der Waals surface area contributed by atoms with Crippen LogP contribution in [0.2, 0.25) is 0 Å². The fourth-order valence-electron chi connectivity index (χ4n) is 2.69. The largest absolute Gasteiger partial charge is 0.325 e. The Morgan fingerprint density at radius 1 is 1.00 bits per heavy atom. The van der Waals surface area contributed by atoms with E-state index in [4.69, 9.17) is 0 Å². The number of hydrogen-bond donors (Lipinski definition) is 2. The van der Waals surface area contributed by atoms with Crippen molar-refractivity contribution in [2.75, 3.05) is 11.9 Å². The molecule has 0 aromatic heterocycles. The number of sulfonamides is 1. The fourth-order valence-corrected chi connectivity index (χ4v) is 3.67. The van der Waals surface area contributed by atoms with Crippen molar-refractivity contribution in [1.82, 2.24) is 4.72 Å². The van der Waals surface area contributed by atoms with Crippen LogP contribution in [-0.4, -0.2) is 20.9 Å². The van der Waals surface area contributed by atoms with Crippen LogP contribution in [0.3, 0.4) is 0 Å². The van der Waals surface area contributed by atoms with Gasteiger partial charge in [0, 0.05) is 5.69 Å². The van der Waals surface area contributed by atoms with Crippen molar-refractivity contribution in [3.63, 3.8) is 0 Å². The van der Waals surface area contributed by atoms with E-state index in [-0.39, 0.29) is 22.8 Å². The molecule has 2 aromatic carbocycles. The van der Waals surface area contributed by atoms with Crippen molar-refractivity contribution < 1.29 is 13.2 Å². The van der Waals surface area contributed by atoms with E-state index >= 15 is 0 Å². The minimum absolute atomic E-state index is 0.0561.